The SMILES string of the molecule is Cc1cc(N2CCC(C)(C)C2)ccc1C=CC(=O)O. The van der Waals surface area contributed by atoms with E-state index in [0.717, 1.165) is 24.2 Å². The Balaban J connectivity index is 2.18. The molecule has 1 N–H and O–H groups in total. The van der Waals surface area contributed by atoms with E-state index in [2.05, 4.69) is 30.9 Å². The molecule has 0 atom stereocenters. The highest BCUT2D eigenvalue weighted by Gasteiger charge is 2.29. The third-order valence-electron chi connectivity index (χ3n) is 3.70. The van der Waals surface area contributed by atoms with Gasteiger partial charge in [-0.05, 0) is 48.1 Å². The van der Waals surface area contributed by atoms with Crippen molar-refractivity contribution in [1.82, 2.24) is 0 Å². The summed E-state index contributed by atoms with van der Waals surface area (Å²) in [5.41, 5.74) is 3.69. The highest BCUT2D eigenvalue weighted by Crippen LogP contribution is 2.33. The van der Waals surface area contributed by atoms with E-state index in [1.165, 1.54) is 18.2 Å². The average Bonchev–Trinajstić information content (AvgIpc) is 2.68. The second-order valence-corrected chi connectivity index (χ2v) is 6.05. The molecule has 0 unspecified atom stereocenters. The molecule has 1 saturated heterocycles. The molecule has 1 heterocycles. The number of benzene rings is 1. The molecule has 2 rings (SSSR count). The van der Waals surface area contributed by atoms with Crippen molar-refractivity contribution < 1.29 is 9.90 Å². The fourth-order valence-corrected chi connectivity index (χ4v) is 2.54. The van der Waals surface area contributed by atoms with Gasteiger partial charge in [0.25, 0.3) is 0 Å². The standard InChI is InChI=1S/C16H21NO2/c1-12-10-14(17-9-8-16(2,3)11-17)6-4-13(12)5-7-15(18)19/h4-7,10H,8-9,11H2,1-3H3,(H,18,19). The Labute approximate surface area is 114 Å². The smallest absolute Gasteiger partial charge is 0.328 e. The largest absolute Gasteiger partial charge is 0.478 e. The van der Waals surface area contributed by atoms with Crippen LogP contribution in [0.1, 0.15) is 31.4 Å². The number of aliphatic carboxylic acids is 1. The lowest BCUT2D eigenvalue weighted by Crippen LogP contribution is -2.22. The van der Waals surface area contributed by atoms with Gasteiger partial charge in [0.15, 0.2) is 0 Å². The van der Waals surface area contributed by atoms with E-state index in [-0.39, 0.29) is 0 Å². The summed E-state index contributed by atoms with van der Waals surface area (Å²) in [4.78, 5) is 12.9. The lowest BCUT2D eigenvalue weighted by Gasteiger charge is -2.22. The molecule has 0 aliphatic carbocycles. The van der Waals surface area contributed by atoms with E-state index in [1.807, 2.05) is 13.0 Å². The fourth-order valence-electron chi connectivity index (χ4n) is 2.54. The van der Waals surface area contributed by atoms with Gasteiger partial charge in [-0.3, -0.25) is 0 Å². The van der Waals surface area contributed by atoms with Crippen molar-refractivity contribution in [1.29, 1.82) is 0 Å². The molecule has 3 heteroatoms. The van der Waals surface area contributed by atoms with Crippen LogP contribution in [0.2, 0.25) is 0 Å². The summed E-state index contributed by atoms with van der Waals surface area (Å²) < 4.78 is 0. The van der Waals surface area contributed by atoms with Gasteiger partial charge in [-0.1, -0.05) is 19.9 Å². The van der Waals surface area contributed by atoms with Crippen LogP contribution in [-0.4, -0.2) is 24.2 Å². The van der Waals surface area contributed by atoms with Crippen molar-refractivity contribution >= 4 is 17.7 Å². The Morgan fingerprint density at radius 2 is 2.16 bits per heavy atom. The number of nitrogens with zero attached hydrogens (tertiary/aromatic N) is 1. The van der Waals surface area contributed by atoms with Crippen LogP contribution in [0.3, 0.4) is 0 Å². The molecule has 1 aromatic rings. The molecule has 0 radical (unpaired) electrons. The molecule has 1 aliphatic rings. The van der Waals surface area contributed by atoms with Crippen LogP contribution in [0.5, 0.6) is 0 Å². The Morgan fingerprint density at radius 3 is 2.68 bits per heavy atom. The van der Waals surface area contributed by atoms with Crippen molar-refractivity contribution in [3.05, 3.63) is 35.4 Å². The van der Waals surface area contributed by atoms with Crippen molar-refractivity contribution in [2.24, 2.45) is 5.41 Å². The van der Waals surface area contributed by atoms with Gasteiger partial charge >= 0.3 is 5.97 Å². The lowest BCUT2D eigenvalue weighted by atomic mass is 9.93. The average molecular weight is 259 g/mol. The maximum Gasteiger partial charge on any atom is 0.328 e. The molecule has 0 saturated carbocycles. The first-order valence-corrected chi connectivity index (χ1v) is 6.64. The molecule has 1 fully saturated rings. The Kier molecular flexibility index (Phi) is 3.65. The maximum atomic E-state index is 10.5. The number of carbonyl (C=O) groups is 1. The fraction of sp³-hybridized carbons (Fsp3) is 0.438. The summed E-state index contributed by atoms with van der Waals surface area (Å²) in [6.45, 7) is 8.79. The summed E-state index contributed by atoms with van der Waals surface area (Å²) in [6.07, 6.45) is 4.04. The van der Waals surface area contributed by atoms with E-state index in [1.54, 1.807) is 6.08 Å². The number of anilines is 1. The first-order chi connectivity index (χ1) is 8.87. The number of hydrogen-bond donors (Lipinski definition) is 1. The molecule has 102 valence electrons. The van der Waals surface area contributed by atoms with E-state index in [9.17, 15) is 4.79 Å². The topological polar surface area (TPSA) is 40.5 Å². The van der Waals surface area contributed by atoms with Crippen molar-refractivity contribution in [2.75, 3.05) is 18.0 Å². The molecule has 1 aromatic carbocycles. The maximum absolute atomic E-state index is 10.5. The van der Waals surface area contributed by atoms with Crippen LogP contribution in [0.15, 0.2) is 24.3 Å². The van der Waals surface area contributed by atoms with Gasteiger partial charge in [-0.25, -0.2) is 4.79 Å². The second-order valence-electron chi connectivity index (χ2n) is 6.05. The van der Waals surface area contributed by atoms with Crippen molar-refractivity contribution in [3.63, 3.8) is 0 Å². The molecule has 0 bridgehead atoms. The molecular formula is C16H21NO2. The summed E-state index contributed by atoms with van der Waals surface area (Å²) in [7, 11) is 0. The number of carboxylic acids is 1. The molecule has 0 aromatic heterocycles. The molecule has 1 aliphatic heterocycles. The lowest BCUT2D eigenvalue weighted by molar-refractivity contribution is -0.131. The normalized spacial score (nSPS) is 18.2. The minimum absolute atomic E-state index is 0.385. The van der Waals surface area contributed by atoms with E-state index in [4.69, 9.17) is 5.11 Å². The van der Waals surface area contributed by atoms with Crippen LogP contribution in [0.25, 0.3) is 6.08 Å². The minimum atomic E-state index is -0.912. The Hall–Kier alpha value is -1.77. The predicted molar refractivity (Wildman–Crippen MR) is 78.5 cm³/mol. The van der Waals surface area contributed by atoms with Gasteiger partial charge in [0.1, 0.15) is 0 Å². The minimum Gasteiger partial charge on any atom is -0.478 e. The number of carboxylic acid groups (broad SMARTS) is 1. The van der Waals surface area contributed by atoms with Crippen molar-refractivity contribution in [2.45, 2.75) is 27.2 Å². The molecule has 0 amide bonds. The zero-order valence-electron chi connectivity index (χ0n) is 11.8. The number of rotatable bonds is 3. The second kappa shape index (κ2) is 5.08. The van der Waals surface area contributed by atoms with E-state index < -0.39 is 5.97 Å². The van der Waals surface area contributed by atoms with Crippen LogP contribution >= 0.6 is 0 Å². The van der Waals surface area contributed by atoms with Crippen LogP contribution in [-0.2, 0) is 4.79 Å². The third-order valence-corrected chi connectivity index (χ3v) is 3.70. The summed E-state index contributed by atoms with van der Waals surface area (Å²) >= 11 is 0. The Bertz CT molecular complexity index is 517. The number of aryl methyl sites for hydroxylation is 1. The highest BCUT2D eigenvalue weighted by molar-refractivity contribution is 5.85. The van der Waals surface area contributed by atoms with E-state index in [0.29, 0.717) is 5.41 Å². The zero-order chi connectivity index (χ0) is 14.0. The van der Waals surface area contributed by atoms with Gasteiger partial charge < -0.3 is 10.0 Å². The van der Waals surface area contributed by atoms with E-state index >= 15 is 0 Å². The quantitative estimate of drug-likeness (QED) is 0.846. The first kappa shape index (κ1) is 13.7. The molecule has 3 nitrogen and oxygen atoms in total. The van der Waals surface area contributed by atoms with Gasteiger partial charge in [-0.2, -0.15) is 0 Å². The van der Waals surface area contributed by atoms with Crippen molar-refractivity contribution in [3.8, 4) is 0 Å². The summed E-state index contributed by atoms with van der Waals surface area (Å²) in [5, 5.41) is 8.66. The first-order valence-electron chi connectivity index (χ1n) is 6.64. The summed E-state index contributed by atoms with van der Waals surface area (Å²) in [6, 6.07) is 6.22. The van der Waals surface area contributed by atoms with Gasteiger partial charge in [0.2, 0.25) is 0 Å². The number of hydrogen-bond acceptors (Lipinski definition) is 2. The van der Waals surface area contributed by atoms with Gasteiger partial charge in [-0.15, -0.1) is 0 Å². The molecule has 0 spiro atoms. The van der Waals surface area contributed by atoms with Gasteiger partial charge in [0.05, 0.1) is 0 Å². The monoisotopic (exact) mass is 259 g/mol. The van der Waals surface area contributed by atoms with Crippen LogP contribution in [0, 0.1) is 12.3 Å². The predicted octanol–water partition coefficient (Wildman–Crippen LogP) is 3.33. The molecular weight excluding hydrogens is 238 g/mol. The zero-order valence-corrected chi connectivity index (χ0v) is 11.8. The highest BCUT2D eigenvalue weighted by atomic mass is 16.4. The van der Waals surface area contributed by atoms with Crippen LogP contribution in [0.4, 0.5) is 5.69 Å². The third kappa shape index (κ3) is 3.37. The Morgan fingerprint density at radius 1 is 1.42 bits per heavy atom. The molecule has 19 heavy (non-hydrogen) atoms. The summed E-state index contributed by atoms with van der Waals surface area (Å²) in [5.74, 6) is -0.912. The van der Waals surface area contributed by atoms with Crippen LogP contribution < -0.4 is 4.90 Å². The van der Waals surface area contributed by atoms with Gasteiger partial charge in [0, 0.05) is 24.9 Å².